The third-order valence-electron chi connectivity index (χ3n) is 4.88. The molecule has 21 heavy (non-hydrogen) atoms. The summed E-state index contributed by atoms with van der Waals surface area (Å²) in [5.74, 6) is 0.626. The molecule has 1 aromatic rings. The minimum absolute atomic E-state index is 0.440. The summed E-state index contributed by atoms with van der Waals surface area (Å²) >= 11 is 1.40. The van der Waals surface area contributed by atoms with Crippen LogP contribution in [0.2, 0.25) is 0 Å². The Hall–Kier alpha value is -1.45. The minimum Gasteiger partial charge on any atom is -0.492 e. The zero-order valence-corrected chi connectivity index (χ0v) is 13.4. The number of nitrogens with two attached hydrogens (primary N) is 1. The lowest BCUT2D eigenvalue weighted by molar-refractivity contribution is 0.0609. The first-order valence-electron chi connectivity index (χ1n) is 7.48. The lowest BCUT2D eigenvalue weighted by Crippen LogP contribution is -2.52. The molecule has 2 unspecified atom stereocenters. The van der Waals surface area contributed by atoms with Gasteiger partial charge in [-0.2, -0.15) is 5.26 Å². The number of fused-ring (bicyclic) bond motifs is 2. The molecule has 2 fully saturated rings. The van der Waals surface area contributed by atoms with Crippen molar-refractivity contribution in [1.29, 1.82) is 5.26 Å². The number of nitrogens with zero attached hydrogens (tertiary/aromatic N) is 2. The van der Waals surface area contributed by atoms with Gasteiger partial charge in [0.15, 0.2) is 5.75 Å². The summed E-state index contributed by atoms with van der Waals surface area (Å²) in [4.78, 5) is 3.07. The third-order valence-corrected chi connectivity index (χ3v) is 5.90. The summed E-state index contributed by atoms with van der Waals surface area (Å²) in [6.07, 6.45) is 6.22. The molecule has 0 saturated carbocycles. The van der Waals surface area contributed by atoms with E-state index >= 15 is 0 Å². The molecule has 0 aliphatic carbocycles. The molecule has 0 aromatic carbocycles. The summed E-state index contributed by atoms with van der Waals surface area (Å²) in [5.41, 5.74) is 6.42. The van der Waals surface area contributed by atoms with Gasteiger partial charge in [0.1, 0.15) is 21.6 Å². The first kappa shape index (κ1) is 14.5. The fourth-order valence-electron chi connectivity index (χ4n) is 3.73. The van der Waals surface area contributed by atoms with Crippen LogP contribution in [0.4, 0.5) is 10.7 Å². The molecule has 2 saturated heterocycles. The average Bonchev–Trinajstić information content (AvgIpc) is 2.75. The van der Waals surface area contributed by atoms with Crippen LogP contribution in [-0.4, -0.2) is 37.2 Å². The van der Waals surface area contributed by atoms with E-state index in [-0.39, 0.29) is 0 Å². The van der Waals surface area contributed by atoms with Crippen molar-refractivity contribution in [2.75, 3.05) is 25.2 Å². The molecule has 5 nitrogen and oxygen atoms in total. The summed E-state index contributed by atoms with van der Waals surface area (Å²) in [6.45, 7) is 0. The van der Waals surface area contributed by atoms with Crippen LogP contribution < -0.4 is 15.8 Å². The summed E-state index contributed by atoms with van der Waals surface area (Å²) in [7, 11) is 3.86. The Balaban J connectivity index is 1.77. The molecule has 3 N–H and O–H groups in total. The summed E-state index contributed by atoms with van der Waals surface area (Å²) in [5, 5.41) is 13.6. The Morgan fingerprint density at radius 1 is 1.38 bits per heavy atom. The number of nitrogens with one attached hydrogen (secondary N) is 1. The van der Waals surface area contributed by atoms with E-state index in [1.165, 1.54) is 30.6 Å². The number of anilines is 2. The molecular weight excluding hydrogens is 284 g/mol. The topological polar surface area (TPSA) is 74.3 Å². The number of rotatable bonds is 3. The summed E-state index contributed by atoms with van der Waals surface area (Å²) in [6, 6.07) is 3.93. The van der Waals surface area contributed by atoms with Crippen molar-refractivity contribution in [2.24, 2.45) is 0 Å². The number of piperidine rings is 2. The number of hydrogen-bond acceptors (Lipinski definition) is 6. The lowest BCUT2D eigenvalue weighted by Gasteiger charge is -2.47. The molecular formula is C15H22N4OS. The van der Waals surface area contributed by atoms with Gasteiger partial charge in [-0.1, -0.05) is 6.42 Å². The molecule has 3 heterocycles. The highest BCUT2D eigenvalue weighted by atomic mass is 32.1. The Morgan fingerprint density at radius 3 is 2.62 bits per heavy atom. The maximum Gasteiger partial charge on any atom is 0.177 e. The Bertz CT molecular complexity index is 551. The van der Waals surface area contributed by atoms with Gasteiger partial charge < -0.3 is 20.7 Å². The van der Waals surface area contributed by atoms with Crippen molar-refractivity contribution >= 4 is 22.0 Å². The average molecular weight is 306 g/mol. The molecule has 0 radical (unpaired) electrons. The highest BCUT2D eigenvalue weighted by molar-refractivity contribution is 7.17. The van der Waals surface area contributed by atoms with E-state index in [1.54, 1.807) is 7.11 Å². The second-order valence-electron chi connectivity index (χ2n) is 6.04. The van der Waals surface area contributed by atoms with E-state index in [0.29, 0.717) is 34.4 Å². The van der Waals surface area contributed by atoms with Crippen LogP contribution in [0.15, 0.2) is 0 Å². The van der Waals surface area contributed by atoms with Crippen LogP contribution in [0.1, 0.15) is 37.0 Å². The van der Waals surface area contributed by atoms with Crippen LogP contribution in [0.5, 0.6) is 5.75 Å². The third kappa shape index (κ3) is 2.56. The fraction of sp³-hybridized carbons (Fsp3) is 0.667. The fourth-order valence-corrected chi connectivity index (χ4v) is 4.69. The predicted molar refractivity (Wildman–Crippen MR) is 85.8 cm³/mol. The molecule has 0 spiro atoms. The SMILES string of the molecule is COc1c(NC2CC3CCCC(C2)N3C)sc(C#N)c1N. The number of nitrogen functional groups attached to an aromatic ring is 1. The highest BCUT2D eigenvalue weighted by Crippen LogP contribution is 2.43. The van der Waals surface area contributed by atoms with Gasteiger partial charge in [-0.05, 0) is 32.7 Å². The van der Waals surface area contributed by atoms with E-state index in [2.05, 4.69) is 23.3 Å². The van der Waals surface area contributed by atoms with Gasteiger partial charge in [0.2, 0.25) is 0 Å². The number of ether oxygens (including phenoxy) is 1. The van der Waals surface area contributed by atoms with Crippen molar-refractivity contribution in [3.63, 3.8) is 0 Å². The number of thiophene rings is 1. The minimum atomic E-state index is 0.440. The van der Waals surface area contributed by atoms with Crippen LogP contribution in [0.3, 0.4) is 0 Å². The number of methoxy groups -OCH3 is 1. The van der Waals surface area contributed by atoms with E-state index in [0.717, 1.165) is 17.8 Å². The first-order chi connectivity index (χ1) is 10.1. The molecule has 6 heteroatoms. The van der Waals surface area contributed by atoms with E-state index in [1.807, 2.05) is 0 Å². The van der Waals surface area contributed by atoms with Gasteiger partial charge in [-0.3, -0.25) is 0 Å². The van der Waals surface area contributed by atoms with E-state index in [9.17, 15) is 0 Å². The molecule has 2 aliphatic rings. The van der Waals surface area contributed by atoms with Crippen molar-refractivity contribution in [3.05, 3.63) is 4.88 Å². The quantitative estimate of drug-likeness (QED) is 0.898. The normalized spacial score (nSPS) is 28.9. The smallest absolute Gasteiger partial charge is 0.177 e. The van der Waals surface area contributed by atoms with Crippen LogP contribution >= 0.6 is 11.3 Å². The molecule has 114 valence electrons. The molecule has 0 amide bonds. The number of nitriles is 1. The van der Waals surface area contributed by atoms with Gasteiger partial charge in [-0.25, -0.2) is 0 Å². The van der Waals surface area contributed by atoms with E-state index < -0.39 is 0 Å². The zero-order chi connectivity index (χ0) is 15.0. The Labute approximate surface area is 129 Å². The Kier molecular flexibility index (Phi) is 3.96. The van der Waals surface area contributed by atoms with Crippen LogP contribution in [-0.2, 0) is 0 Å². The molecule has 3 rings (SSSR count). The van der Waals surface area contributed by atoms with Crippen molar-refractivity contribution in [2.45, 2.75) is 50.2 Å². The molecule has 2 aliphatic heterocycles. The molecule has 2 bridgehead atoms. The predicted octanol–water partition coefficient (Wildman–Crippen LogP) is 2.64. The monoisotopic (exact) mass is 306 g/mol. The van der Waals surface area contributed by atoms with Gasteiger partial charge in [0, 0.05) is 18.1 Å². The zero-order valence-electron chi connectivity index (χ0n) is 12.6. The second-order valence-corrected chi connectivity index (χ2v) is 7.06. The highest BCUT2D eigenvalue weighted by Gasteiger charge is 2.36. The van der Waals surface area contributed by atoms with Gasteiger partial charge in [0.25, 0.3) is 0 Å². The van der Waals surface area contributed by atoms with Crippen molar-refractivity contribution in [1.82, 2.24) is 4.90 Å². The molecule has 2 atom stereocenters. The van der Waals surface area contributed by atoms with Gasteiger partial charge >= 0.3 is 0 Å². The van der Waals surface area contributed by atoms with Crippen LogP contribution in [0, 0.1) is 11.3 Å². The van der Waals surface area contributed by atoms with Crippen molar-refractivity contribution in [3.8, 4) is 11.8 Å². The van der Waals surface area contributed by atoms with Gasteiger partial charge in [0.05, 0.1) is 7.11 Å². The van der Waals surface area contributed by atoms with Crippen molar-refractivity contribution < 1.29 is 4.74 Å². The maximum atomic E-state index is 9.11. The standard InChI is InChI=1S/C15H22N4OS/c1-19-10-4-3-5-11(19)7-9(6-10)18-15-14(20-2)13(17)12(8-16)21-15/h9-11,18H,3-7,17H2,1-2H3. The van der Waals surface area contributed by atoms with E-state index in [4.69, 9.17) is 15.7 Å². The Morgan fingerprint density at radius 2 is 2.05 bits per heavy atom. The maximum absolute atomic E-state index is 9.11. The second kappa shape index (κ2) is 5.74. The van der Waals surface area contributed by atoms with Crippen LogP contribution in [0.25, 0.3) is 0 Å². The summed E-state index contributed by atoms with van der Waals surface area (Å²) < 4.78 is 5.38. The largest absolute Gasteiger partial charge is 0.492 e. The molecule has 1 aromatic heterocycles. The first-order valence-corrected chi connectivity index (χ1v) is 8.30. The van der Waals surface area contributed by atoms with Gasteiger partial charge in [-0.15, -0.1) is 11.3 Å². The lowest BCUT2D eigenvalue weighted by atomic mass is 9.82. The number of hydrogen-bond donors (Lipinski definition) is 2.